The van der Waals surface area contributed by atoms with Crippen molar-refractivity contribution in [1.82, 2.24) is 10.3 Å². The molecule has 0 saturated heterocycles. The Hall–Kier alpha value is -3.40. The number of carbonyl (C=O) groups is 2. The van der Waals surface area contributed by atoms with Gasteiger partial charge in [0.05, 0.1) is 29.1 Å². The van der Waals surface area contributed by atoms with Gasteiger partial charge < -0.3 is 25.8 Å². The number of nitrogens with zero attached hydrogens (tertiary/aromatic N) is 1. The van der Waals surface area contributed by atoms with Crippen LogP contribution in [0.15, 0.2) is 52.9 Å². The van der Waals surface area contributed by atoms with Gasteiger partial charge in [-0.05, 0) is 46.7 Å². The Balaban J connectivity index is 1.50. The van der Waals surface area contributed by atoms with Crippen molar-refractivity contribution in [2.45, 2.75) is 12.8 Å². The predicted molar refractivity (Wildman–Crippen MR) is 124 cm³/mol. The van der Waals surface area contributed by atoms with Crippen LogP contribution in [0.3, 0.4) is 0 Å². The SMILES string of the molecule is COc1cc2c(cn1)C=C(C(=O)Nc1cc(C(=O)NCc3ccsc3)ccc1Cl)C(O)N2. The minimum Gasteiger partial charge on any atom is -0.481 e. The molecule has 3 aromatic rings. The Morgan fingerprint density at radius 3 is 2.88 bits per heavy atom. The smallest absolute Gasteiger partial charge is 0.256 e. The van der Waals surface area contributed by atoms with Crippen LogP contribution in [0, 0.1) is 0 Å². The van der Waals surface area contributed by atoms with Crippen molar-refractivity contribution in [3.8, 4) is 5.88 Å². The molecule has 1 aliphatic rings. The molecule has 2 aromatic heterocycles. The number of methoxy groups -OCH3 is 1. The first-order chi connectivity index (χ1) is 15.4. The third-order valence-electron chi connectivity index (χ3n) is 4.79. The van der Waals surface area contributed by atoms with E-state index in [4.69, 9.17) is 16.3 Å². The number of benzene rings is 1. The van der Waals surface area contributed by atoms with Crippen molar-refractivity contribution in [1.29, 1.82) is 0 Å². The second kappa shape index (κ2) is 9.39. The fraction of sp³-hybridized carbons (Fsp3) is 0.136. The van der Waals surface area contributed by atoms with Gasteiger partial charge in [-0.1, -0.05) is 11.6 Å². The summed E-state index contributed by atoms with van der Waals surface area (Å²) in [6.45, 7) is 0.398. The van der Waals surface area contributed by atoms with Crippen LogP contribution in [0.1, 0.15) is 21.5 Å². The molecule has 2 amide bonds. The minimum absolute atomic E-state index is 0.0767. The van der Waals surface area contributed by atoms with Gasteiger partial charge in [-0.3, -0.25) is 9.59 Å². The number of nitrogens with one attached hydrogen (secondary N) is 3. The number of ether oxygens (including phenoxy) is 1. The Morgan fingerprint density at radius 1 is 1.28 bits per heavy atom. The van der Waals surface area contributed by atoms with E-state index < -0.39 is 12.1 Å². The number of carbonyl (C=O) groups excluding carboxylic acids is 2. The van der Waals surface area contributed by atoms with Crippen molar-refractivity contribution in [2.75, 3.05) is 17.7 Å². The summed E-state index contributed by atoms with van der Waals surface area (Å²) in [7, 11) is 1.49. The van der Waals surface area contributed by atoms with E-state index in [1.54, 1.807) is 23.5 Å². The van der Waals surface area contributed by atoms with Crippen molar-refractivity contribution in [3.63, 3.8) is 0 Å². The van der Waals surface area contributed by atoms with Crippen LogP contribution in [0.4, 0.5) is 11.4 Å². The summed E-state index contributed by atoms with van der Waals surface area (Å²) < 4.78 is 5.07. The molecule has 1 atom stereocenters. The Labute approximate surface area is 192 Å². The number of fused-ring (bicyclic) bond motifs is 1. The summed E-state index contributed by atoms with van der Waals surface area (Å²) in [5, 5.41) is 22.9. The summed E-state index contributed by atoms with van der Waals surface area (Å²) in [6, 6.07) is 8.16. The van der Waals surface area contributed by atoms with Crippen molar-refractivity contribution in [3.05, 3.63) is 74.6 Å². The maximum atomic E-state index is 12.8. The average molecular weight is 471 g/mol. The lowest BCUT2D eigenvalue weighted by atomic mass is 10.0. The highest BCUT2D eigenvalue weighted by molar-refractivity contribution is 7.07. The summed E-state index contributed by atoms with van der Waals surface area (Å²) in [5.74, 6) is -0.481. The van der Waals surface area contributed by atoms with Crippen LogP contribution in [0.2, 0.25) is 5.02 Å². The first kappa shape index (κ1) is 21.8. The lowest BCUT2D eigenvalue weighted by Gasteiger charge is -2.24. The predicted octanol–water partition coefficient (Wildman–Crippen LogP) is 3.50. The van der Waals surface area contributed by atoms with E-state index in [-0.39, 0.29) is 22.2 Å². The molecular weight excluding hydrogens is 452 g/mol. The van der Waals surface area contributed by atoms with Crippen molar-refractivity contribution >= 4 is 52.2 Å². The maximum absolute atomic E-state index is 12.8. The topological polar surface area (TPSA) is 113 Å². The van der Waals surface area contributed by atoms with Gasteiger partial charge in [0.2, 0.25) is 5.88 Å². The molecule has 4 N–H and O–H groups in total. The lowest BCUT2D eigenvalue weighted by molar-refractivity contribution is -0.113. The van der Waals surface area contributed by atoms with Crippen molar-refractivity contribution < 1.29 is 19.4 Å². The minimum atomic E-state index is -1.24. The van der Waals surface area contributed by atoms with Crippen LogP contribution in [0.25, 0.3) is 6.08 Å². The number of hydrogen-bond donors (Lipinski definition) is 4. The number of rotatable bonds is 6. The van der Waals surface area contributed by atoms with Gasteiger partial charge in [0.15, 0.2) is 6.23 Å². The molecule has 4 rings (SSSR count). The van der Waals surface area contributed by atoms with Gasteiger partial charge in [0.1, 0.15) is 0 Å². The number of aliphatic hydroxyl groups is 1. The summed E-state index contributed by atoms with van der Waals surface area (Å²) in [4.78, 5) is 29.4. The van der Waals surface area contributed by atoms with Gasteiger partial charge in [-0.25, -0.2) is 4.98 Å². The molecule has 1 unspecified atom stereocenters. The number of thiophene rings is 1. The van der Waals surface area contributed by atoms with E-state index >= 15 is 0 Å². The van der Waals surface area contributed by atoms with Gasteiger partial charge >= 0.3 is 0 Å². The summed E-state index contributed by atoms with van der Waals surface area (Å²) in [5.41, 5.74) is 2.89. The van der Waals surface area contributed by atoms with Gasteiger partial charge in [0.25, 0.3) is 11.8 Å². The van der Waals surface area contributed by atoms with Crippen LogP contribution < -0.4 is 20.7 Å². The molecular formula is C22H19ClN4O4S. The number of aliphatic hydroxyl groups excluding tert-OH is 1. The standard InChI is InChI=1S/C22H19ClN4O4S/c1-31-19-8-17-14(10-24-19)6-15(21(29)26-17)22(30)27-18-7-13(2-3-16(18)23)20(28)25-9-12-4-5-32-11-12/h2-8,10-11,21,26,29H,9H2,1H3,(H,25,28)(H,27,30). The zero-order chi connectivity index (χ0) is 22.7. The fourth-order valence-corrected chi connectivity index (χ4v) is 3.93. The van der Waals surface area contributed by atoms with Crippen LogP contribution >= 0.6 is 22.9 Å². The molecule has 0 fully saturated rings. The molecule has 0 bridgehead atoms. The highest BCUT2D eigenvalue weighted by atomic mass is 35.5. The zero-order valence-electron chi connectivity index (χ0n) is 16.9. The Morgan fingerprint density at radius 2 is 2.12 bits per heavy atom. The van der Waals surface area contributed by atoms with Crippen LogP contribution in [-0.4, -0.2) is 35.2 Å². The highest BCUT2D eigenvalue weighted by Gasteiger charge is 2.25. The highest BCUT2D eigenvalue weighted by Crippen LogP contribution is 2.30. The van der Waals surface area contributed by atoms with E-state index in [0.717, 1.165) is 5.56 Å². The molecule has 0 saturated carbocycles. The normalized spacial score (nSPS) is 14.6. The van der Waals surface area contributed by atoms with Crippen LogP contribution in [0.5, 0.6) is 5.88 Å². The Kier molecular flexibility index (Phi) is 6.40. The number of amides is 2. The van der Waals surface area contributed by atoms with Gasteiger partial charge in [0, 0.05) is 29.9 Å². The van der Waals surface area contributed by atoms with E-state index in [0.29, 0.717) is 29.2 Å². The zero-order valence-corrected chi connectivity index (χ0v) is 18.5. The van der Waals surface area contributed by atoms with E-state index in [1.807, 2.05) is 16.8 Å². The third kappa shape index (κ3) is 4.75. The fourth-order valence-electron chi connectivity index (χ4n) is 3.09. The first-order valence-corrected chi connectivity index (χ1v) is 10.9. The van der Waals surface area contributed by atoms with E-state index in [9.17, 15) is 14.7 Å². The molecule has 3 heterocycles. The second-order valence-electron chi connectivity index (χ2n) is 6.92. The summed E-state index contributed by atoms with van der Waals surface area (Å²) >= 11 is 7.78. The van der Waals surface area contributed by atoms with E-state index in [2.05, 4.69) is 20.9 Å². The van der Waals surface area contributed by atoms with E-state index in [1.165, 1.54) is 31.5 Å². The van der Waals surface area contributed by atoms with Crippen LogP contribution in [-0.2, 0) is 11.3 Å². The van der Waals surface area contributed by atoms with Gasteiger partial charge in [-0.2, -0.15) is 11.3 Å². The number of anilines is 2. The molecule has 8 nitrogen and oxygen atoms in total. The number of aromatic nitrogens is 1. The quantitative estimate of drug-likeness (QED) is 0.438. The number of hydrogen-bond acceptors (Lipinski definition) is 7. The molecule has 1 aliphatic heterocycles. The molecule has 10 heteroatoms. The Bertz CT molecular complexity index is 1200. The third-order valence-corrected chi connectivity index (χ3v) is 5.85. The van der Waals surface area contributed by atoms with Gasteiger partial charge in [-0.15, -0.1) is 0 Å². The molecule has 0 aliphatic carbocycles. The largest absolute Gasteiger partial charge is 0.481 e. The first-order valence-electron chi connectivity index (χ1n) is 9.55. The maximum Gasteiger partial charge on any atom is 0.256 e. The molecule has 0 radical (unpaired) electrons. The molecule has 0 spiro atoms. The monoisotopic (exact) mass is 470 g/mol. The molecule has 1 aromatic carbocycles. The molecule has 32 heavy (non-hydrogen) atoms. The summed E-state index contributed by atoms with van der Waals surface area (Å²) in [6.07, 6.45) is 1.82. The lowest BCUT2D eigenvalue weighted by Crippen LogP contribution is -2.32. The number of halogens is 1. The second-order valence-corrected chi connectivity index (χ2v) is 8.11. The molecule has 164 valence electrons. The van der Waals surface area contributed by atoms with Crippen molar-refractivity contribution in [2.24, 2.45) is 0 Å². The average Bonchev–Trinajstić information content (AvgIpc) is 3.31. The number of pyridine rings is 1.